The van der Waals surface area contributed by atoms with Gasteiger partial charge in [0, 0.05) is 11.9 Å². The molecular formula is C15H20N4O. The number of aromatic nitrogens is 3. The van der Waals surface area contributed by atoms with E-state index in [9.17, 15) is 0 Å². The van der Waals surface area contributed by atoms with E-state index < -0.39 is 0 Å². The summed E-state index contributed by atoms with van der Waals surface area (Å²) in [5, 5.41) is 4.02. The predicted octanol–water partition coefficient (Wildman–Crippen LogP) is 2.64. The van der Waals surface area contributed by atoms with Gasteiger partial charge in [-0.15, -0.1) is 0 Å². The minimum atomic E-state index is -0.125. The molecule has 0 radical (unpaired) electrons. The molecule has 0 spiro atoms. The molecule has 1 atom stereocenters. The molecule has 0 aliphatic heterocycles. The Morgan fingerprint density at radius 2 is 2.10 bits per heavy atom. The predicted molar refractivity (Wildman–Crippen MR) is 74.8 cm³/mol. The van der Waals surface area contributed by atoms with Crippen molar-refractivity contribution >= 4 is 0 Å². The van der Waals surface area contributed by atoms with Crippen molar-refractivity contribution in [3.05, 3.63) is 41.8 Å². The molecular weight excluding hydrogens is 252 g/mol. The SMILES string of the molecule is NC(c1nc(Cc2ccccn2)no1)C1CCCCC1. The Hall–Kier alpha value is -1.75. The summed E-state index contributed by atoms with van der Waals surface area (Å²) in [6.07, 6.45) is 8.52. The van der Waals surface area contributed by atoms with Crippen molar-refractivity contribution in [1.29, 1.82) is 0 Å². The molecule has 20 heavy (non-hydrogen) atoms. The minimum absolute atomic E-state index is 0.125. The number of pyridine rings is 1. The van der Waals surface area contributed by atoms with Crippen LogP contribution in [0.25, 0.3) is 0 Å². The van der Waals surface area contributed by atoms with Crippen molar-refractivity contribution in [2.24, 2.45) is 11.7 Å². The van der Waals surface area contributed by atoms with Crippen LogP contribution in [0.15, 0.2) is 28.9 Å². The summed E-state index contributed by atoms with van der Waals surface area (Å²) in [6.45, 7) is 0. The van der Waals surface area contributed by atoms with Gasteiger partial charge in [-0.3, -0.25) is 4.98 Å². The van der Waals surface area contributed by atoms with Gasteiger partial charge in [0.1, 0.15) is 0 Å². The highest BCUT2D eigenvalue weighted by atomic mass is 16.5. The first-order valence-electron chi connectivity index (χ1n) is 7.31. The zero-order chi connectivity index (χ0) is 13.8. The first-order chi connectivity index (χ1) is 9.83. The molecule has 2 aromatic rings. The van der Waals surface area contributed by atoms with Crippen molar-refractivity contribution in [1.82, 2.24) is 15.1 Å². The Bertz CT molecular complexity index is 534. The van der Waals surface area contributed by atoms with E-state index in [4.69, 9.17) is 10.3 Å². The summed E-state index contributed by atoms with van der Waals surface area (Å²) in [7, 11) is 0. The van der Waals surface area contributed by atoms with E-state index in [0.717, 1.165) is 5.69 Å². The molecule has 0 saturated heterocycles. The van der Waals surface area contributed by atoms with E-state index in [1.807, 2.05) is 18.2 Å². The molecule has 2 N–H and O–H groups in total. The van der Waals surface area contributed by atoms with Crippen molar-refractivity contribution in [2.45, 2.75) is 44.6 Å². The Labute approximate surface area is 118 Å². The zero-order valence-corrected chi connectivity index (χ0v) is 11.5. The molecule has 1 unspecified atom stereocenters. The normalized spacial score (nSPS) is 18.1. The van der Waals surface area contributed by atoms with Crippen LogP contribution in [0.4, 0.5) is 0 Å². The second-order valence-electron chi connectivity index (χ2n) is 5.47. The largest absolute Gasteiger partial charge is 0.338 e. The van der Waals surface area contributed by atoms with Crippen LogP contribution in [0.1, 0.15) is 55.6 Å². The molecule has 0 aromatic carbocycles. The van der Waals surface area contributed by atoms with Crippen LogP contribution in [0, 0.1) is 5.92 Å². The third kappa shape index (κ3) is 3.04. The van der Waals surface area contributed by atoms with Gasteiger partial charge >= 0.3 is 0 Å². The number of rotatable bonds is 4. The van der Waals surface area contributed by atoms with Crippen molar-refractivity contribution in [2.75, 3.05) is 0 Å². The highest BCUT2D eigenvalue weighted by Gasteiger charge is 2.26. The minimum Gasteiger partial charge on any atom is -0.338 e. The zero-order valence-electron chi connectivity index (χ0n) is 11.5. The molecule has 0 bridgehead atoms. The maximum Gasteiger partial charge on any atom is 0.243 e. The van der Waals surface area contributed by atoms with Crippen LogP contribution < -0.4 is 5.73 Å². The maximum absolute atomic E-state index is 6.26. The Balaban J connectivity index is 1.66. The standard InChI is InChI=1S/C15H20N4O/c16-14(11-6-2-1-3-7-11)15-18-13(19-20-15)10-12-8-4-5-9-17-12/h4-5,8-9,11,14H,1-3,6-7,10,16H2. The number of hydrogen-bond donors (Lipinski definition) is 1. The molecule has 1 aliphatic carbocycles. The number of nitrogens with two attached hydrogens (primary N) is 1. The number of nitrogens with zero attached hydrogens (tertiary/aromatic N) is 3. The van der Waals surface area contributed by atoms with Gasteiger partial charge in [-0.2, -0.15) is 4.98 Å². The fraction of sp³-hybridized carbons (Fsp3) is 0.533. The summed E-state index contributed by atoms with van der Waals surface area (Å²) in [4.78, 5) is 8.70. The topological polar surface area (TPSA) is 77.8 Å². The van der Waals surface area contributed by atoms with E-state index in [0.29, 0.717) is 24.1 Å². The van der Waals surface area contributed by atoms with Crippen molar-refractivity contribution in [3.8, 4) is 0 Å². The first kappa shape index (κ1) is 13.2. The average molecular weight is 272 g/mol. The Morgan fingerprint density at radius 1 is 1.25 bits per heavy atom. The van der Waals surface area contributed by atoms with E-state index in [-0.39, 0.29) is 6.04 Å². The summed E-state index contributed by atoms with van der Waals surface area (Å²) in [5.41, 5.74) is 7.20. The lowest BCUT2D eigenvalue weighted by molar-refractivity contribution is 0.255. The fourth-order valence-corrected chi connectivity index (χ4v) is 2.83. The second kappa shape index (κ2) is 6.13. The quantitative estimate of drug-likeness (QED) is 0.925. The maximum atomic E-state index is 6.26. The van der Waals surface area contributed by atoms with Crippen LogP contribution in [0.3, 0.4) is 0 Å². The average Bonchev–Trinajstić information content (AvgIpc) is 2.97. The summed E-state index contributed by atoms with van der Waals surface area (Å²) >= 11 is 0. The third-order valence-corrected chi connectivity index (χ3v) is 3.99. The van der Waals surface area contributed by atoms with Crippen molar-refractivity contribution in [3.63, 3.8) is 0 Å². The van der Waals surface area contributed by atoms with Crippen molar-refractivity contribution < 1.29 is 4.52 Å². The molecule has 0 amide bonds. The van der Waals surface area contributed by atoms with Crippen LogP contribution in [0.2, 0.25) is 0 Å². The third-order valence-electron chi connectivity index (χ3n) is 3.99. The summed E-state index contributed by atoms with van der Waals surface area (Å²) < 4.78 is 5.34. The van der Waals surface area contributed by atoms with E-state index in [1.165, 1.54) is 32.1 Å². The molecule has 106 valence electrons. The molecule has 5 heteroatoms. The Morgan fingerprint density at radius 3 is 2.85 bits per heavy atom. The van der Waals surface area contributed by atoms with E-state index in [1.54, 1.807) is 6.20 Å². The lowest BCUT2D eigenvalue weighted by atomic mass is 9.84. The molecule has 3 rings (SSSR count). The highest BCUT2D eigenvalue weighted by molar-refractivity contribution is 5.09. The number of hydrogen-bond acceptors (Lipinski definition) is 5. The van der Waals surface area contributed by atoms with Gasteiger partial charge in [0.05, 0.1) is 12.5 Å². The molecule has 1 aliphatic rings. The monoisotopic (exact) mass is 272 g/mol. The van der Waals surface area contributed by atoms with Gasteiger partial charge in [-0.05, 0) is 30.9 Å². The van der Waals surface area contributed by atoms with Crippen LogP contribution in [-0.4, -0.2) is 15.1 Å². The Kier molecular flexibility index (Phi) is 4.06. The molecule has 2 aromatic heterocycles. The van der Waals surface area contributed by atoms with E-state index >= 15 is 0 Å². The van der Waals surface area contributed by atoms with Gasteiger partial charge < -0.3 is 10.3 Å². The molecule has 1 saturated carbocycles. The summed E-state index contributed by atoms with van der Waals surface area (Å²) in [6, 6.07) is 5.68. The van der Waals surface area contributed by atoms with Gasteiger partial charge in [-0.1, -0.05) is 30.5 Å². The van der Waals surface area contributed by atoms with Crippen LogP contribution >= 0.6 is 0 Å². The lowest BCUT2D eigenvalue weighted by Crippen LogP contribution is -2.23. The highest BCUT2D eigenvalue weighted by Crippen LogP contribution is 2.32. The molecule has 2 heterocycles. The van der Waals surface area contributed by atoms with Crippen LogP contribution in [-0.2, 0) is 6.42 Å². The lowest BCUT2D eigenvalue weighted by Gasteiger charge is -2.24. The second-order valence-corrected chi connectivity index (χ2v) is 5.47. The molecule has 1 fully saturated rings. The van der Waals surface area contributed by atoms with Gasteiger partial charge in [-0.25, -0.2) is 0 Å². The van der Waals surface area contributed by atoms with Crippen LogP contribution in [0.5, 0.6) is 0 Å². The summed E-state index contributed by atoms with van der Waals surface area (Å²) in [5.74, 6) is 1.71. The van der Waals surface area contributed by atoms with Gasteiger partial charge in [0.15, 0.2) is 5.82 Å². The smallest absolute Gasteiger partial charge is 0.243 e. The molecule has 5 nitrogen and oxygen atoms in total. The van der Waals surface area contributed by atoms with Gasteiger partial charge in [0.25, 0.3) is 0 Å². The fourth-order valence-electron chi connectivity index (χ4n) is 2.83. The van der Waals surface area contributed by atoms with E-state index in [2.05, 4.69) is 15.1 Å². The first-order valence-corrected chi connectivity index (χ1v) is 7.31. The van der Waals surface area contributed by atoms with Gasteiger partial charge in [0.2, 0.25) is 5.89 Å².